The lowest BCUT2D eigenvalue weighted by Gasteiger charge is -2.25. The van der Waals surface area contributed by atoms with Crippen LogP contribution in [-0.2, 0) is 4.74 Å². The molecule has 1 aliphatic heterocycles. The van der Waals surface area contributed by atoms with Crippen molar-refractivity contribution in [1.82, 2.24) is 15.5 Å². The van der Waals surface area contributed by atoms with Gasteiger partial charge in [-0.2, -0.15) is 0 Å². The van der Waals surface area contributed by atoms with E-state index in [1.807, 2.05) is 30.3 Å². The minimum Gasteiger partial charge on any atom is -0.396 e. The van der Waals surface area contributed by atoms with E-state index in [4.69, 9.17) is 9.73 Å². The third kappa shape index (κ3) is 8.33. The molecule has 1 heterocycles. The predicted octanol–water partition coefficient (Wildman–Crippen LogP) is 2.05. The van der Waals surface area contributed by atoms with Crippen LogP contribution in [-0.4, -0.2) is 75.1 Å². The summed E-state index contributed by atoms with van der Waals surface area (Å²) in [6, 6.07) is 10.6. The summed E-state index contributed by atoms with van der Waals surface area (Å²) in [4.78, 5) is 7.19. The molecule has 1 aliphatic rings. The topological polar surface area (TPSA) is 69.1 Å². The first-order chi connectivity index (χ1) is 12.8. The Morgan fingerprint density at radius 2 is 2.11 bits per heavy atom. The molecule has 0 radical (unpaired) electrons. The normalized spacial score (nSPS) is 18.8. The van der Waals surface area contributed by atoms with Crippen LogP contribution in [0.5, 0.6) is 0 Å². The third-order valence-corrected chi connectivity index (χ3v) is 4.89. The van der Waals surface area contributed by atoms with Crippen molar-refractivity contribution >= 4 is 29.9 Å². The van der Waals surface area contributed by atoms with Gasteiger partial charge in [-0.1, -0.05) is 30.3 Å². The van der Waals surface area contributed by atoms with Crippen LogP contribution in [0.1, 0.15) is 31.2 Å². The number of rotatable bonds is 10. The number of halogens is 1. The Kier molecular flexibility index (Phi) is 12.6. The largest absolute Gasteiger partial charge is 0.396 e. The molecule has 0 spiro atoms. The number of aliphatic hydroxyl groups is 1. The van der Waals surface area contributed by atoms with Gasteiger partial charge >= 0.3 is 0 Å². The molecule has 2 unspecified atom stereocenters. The number of benzene rings is 1. The standard InChI is InChI=1S/C20H34N4O2.HI/c1-3-21-20(22-14-18(16-25)17-8-5-4-6-9-17)23-15-19-10-7-11-24(19)12-13-26-2;/h4-6,8-9,18-19,25H,3,7,10-16H2,1-2H3,(H2,21,22,23);1H. The zero-order chi connectivity index (χ0) is 18.6. The molecule has 3 N–H and O–H groups in total. The number of methoxy groups -OCH3 is 1. The van der Waals surface area contributed by atoms with E-state index in [2.05, 4.69) is 22.5 Å². The Labute approximate surface area is 180 Å². The first-order valence-corrected chi connectivity index (χ1v) is 9.69. The molecule has 0 aliphatic carbocycles. The summed E-state index contributed by atoms with van der Waals surface area (Å²) in [5.74, 6) is 0.844. The molecule has 27 heavy (non-hydrogen) atoms. The number of aliphatic hydroxyl groups excluding tert-OH is 1. The van der Waals surface area contributed by atoms with Gasteiger partial charge in [0.05, 0.1) is 19.8 Å². The number of aliphatic imine (C=N–C) groups is 1. The molecule has 154 valence electrons. The van der Waals surface area contributed by atoms with Crippen LogP contribution in [0, 0.1) is 0 Å². The second-order valence-corrected chi connectivity index (χ2v) is 6.72. The fourth-order valence-electron chi connectivity index (χ4n) is 3.38. The zero-order valence-corrected chi connectivity index (χ0v) is 18.9. The number of hydrogen-bond donors (Lipinski definition) is 3. The number of likely N-dealkylation sites (tertiary alicyclic amines) is 1. The smallest absolute Gasteiger partial charge is 0.191 e. The molecular formula is C20H35IN4O2. The van der Waals surface area contributed by atoms with Gasteiger partial charge in [0.15, 0.2) is 5.96 Å². The number of nitrogens with one attached hydrogen (secondary N) is 2. The van der Waals surface area contributed by atoms with Gasteiger partial charge in [-0.25, -0.2) is 0 Å². The fourth-order valence-corrected chi connectivity index (χ4v) is 3.38. The average molecular weight is 490 g/mol. The van der Waals surface area contributed by atoms with Gasteiger partial charge in [-0.3, -0.25) is 9.89 Å². The number of nitrogens with zero attached hydrogens (tertiary/aromatic N) is 2. The van der Waals surface area contributed by atoms with Gasteiger partial charge in [0.1, 0.15) is 0 Å². The quantitative estimate of drug-likeness (QED) is 0.266. The van der Waals surface area contributed by atoms with Gasteiger partial charge in [-0.05, 0) is 31.9 Å². The van der Waals surface area contributed by atoms with Gasteiger partial charge in [0, 0.05) is 38.7 Å². The third-order valence-electron chi connectivity index (χ3n) is 4.89. The number of ether oxygens (including phenoxy) is 1. The van der Waals surface area contributed by atoms with E-state index in [0.717, 1.165) is 44.3 Å². The molecule has 2 atom stereocenters. The lowest BCUT2D eigenvalue weighted by atomic mass is 10.0. The Bertz CT molecular complexity index is 530. The molecule has 1 fully saturated rings. The zero-order valence-electron chi connectivity index (χ0n) is 16.6. The molecule has 1 aromatic rings. The highest BCUT2D eigenvalue weighted by Crippen LogP contribution is 2.16. The predicted molar refractivity (Wildman–Crippen MR) is 122 cm³/mol. The molecule has 1 aromatic carbocycles. The van der Waals surface area contributed by atoms with Crippen LogP contribution in [0.3, 0.4) is 0 Å². The van der Waals surface area contributed by atoms with Gasteiger partial charge in [0.25, 0.3) is 0 Å². The minimum absolute atomic E-state index is 0. The van der Waals surface area contributed by atoms with E-state index in [0.29, 0.717) is 12.6 Å². The molecular weight excluding hydrogens is 455 g/mol. The molecule has 0 amide bonds. The van der Waals surface area contributed by atoms with Gasteiger partial charge in [-0.15, -0.1) is 24.0 Å². The van der Waals surface area contributed by atoms with E-state index >= 15 is 0 Å². The molecule has 0 saturated carbocycles. The second kappa shape index (κ2) is 14.1. The van der Waals surface area contributed by atoms with Gasteiger partial charge in [0.2, 0.25) is 0 Å². The summed E-state index contributed by atoms with van der Waals surface area (Å²) in [5.41, 5.74) is 1.12. The number of hydrogen-bond acceptors (Lipinski definition) is 4. The lowest BCUT2D eigenvalue weighted by Crippen LogP contribution is -2.45. The molecule has 0 aromatic heterocycles. The lowest BCUT2D eigenvalue weighted by molar-refractivity contribution is 0.141. The van der Waals surface area contributed by atoms with Crippen molar-refractivity contribution in [2.45, 2.75) is 31.7 Å². The van der Waals surface area contributed by atoms with E-state index in [9.17, 15) is 5.11 Å². The summed E-state index contributed by atoms with van der Waals surface area (Å²) in [7, 11) is 1.75. The van der Waals surface area contributed by atoms with E-state index in [1.54, 1.807) is 7.11 Å². The van der Waals surface area contributed by atoms with E-state index in [1.165, 1.54) is 12.8 Å². The van der Waals surface area contributed by atoms with Gasteiger partial charge < -0.3 is 20.5 Å². The maximum atomic E-state index is 9.71. The van der Waals surface area contributed by atoms with Crippen LogP contribution >= 0.6 is 24.0 Å². The first kappa shape index (κ1) is 24.1. The van der Waals surface area contributed by atoms with Crippen LogP contribution in [0.2, 0.25) is 0 Å². The summed E-state index contributed by atoms with van der Waals surface area (Å²) >= 11 is 0. The number of guanidine groups is 1. The molecule has 1 saturated heterocycles. The highest BCUT2D eigenvalue weighted by atomic mass is 127. The van der Waals surface area contributed by atoms with Crippen molar-refractivity contribution < 1.29 is 9.84 Å². The van der Waals surface area contributed by atoms with E-state index < -0.39 is 0 Å². The summed E-state index contributed by atoms with van der Waals surface area (Å²) in [5, 5.41) is 16.5. The first-order valence-electron chi connectivity index (χ1n) is 9.69. The molecule has 2 rings (SSSR count). The monoisotopic (exact) mass is 490 g/mol. The Balaban J connectivity index is 0.00000364. The minimum atomic E-state index is 0. The molecule has 7 heteroatoms. The SMILES string of the molecule is CCNC(=NCC(CO)c1ccccc1)NCC1CCCN1CCOC.I. The van der Waals surface area contributed by atoms with Crippen LogP contribution in [0.25, 0.3) is 0 Å². The van der Waals surface area contributed by atoms with Crippen LogP contribution in [0.4, 0.5) is 0 Å². The Morgan fingerprint density at radius 3 is 2.78 bits per heavy atom. The average Bonchev–Trinajstić information content (AvgIpc) is 3.13. The van der Waals surface area contributed by atoms with Crippen LogP contribution < -0.4 is 10.6 Å². The summed E-state index contributed by atoms with van der Waals surface area (Å²) in [6.45, 7) is 7.33. The maximum absolute atomic E-state index is 9.71. The Hall–Kier alpha value is -0.900. The van der Waals surface area contributed by atoms with Crippen LogP contribution in [0.15, 0.2) is 35.3 Å². The van der Waals surface area contributed by atoms with Crippen molar-refractivity contribution in [3.8, 4) is 0 Å². The summed E-state index contributed by atoms with van der Waals surface area (Å²) in [6.07, 6.45) is 2.45. The van der Waals surface area contributed by atoms with Crippen molar-refractivity contribution in [1.29, 1.82) is 0 Å². The van der Waals surface area contributed by atoms with Crippen molar-refractivity contribution in [3.05, 3.63) is 35.9 Å². The van der Waals surface area contributed by atoms with Crippen molar-refractivity contribution in [2.24, 2.45) is 4.99 Å². The highest BCUT2D eigenvalue weighted by molar-refractivity contribution is 14.0. The van der Waals surface area contributed by atoms with Crippen molar-refractivity contribution in [2.75, 3.05) is 53.0 Å². The fraction of sp³-hybridized carbons (Fsp3) is 0.650. The summed E-state index contributed by atoms with van der Waals surface area (Å²) < 4.78 is 5.21. The molecule has 6 nitrogen and oxygen atoms in total. The van der Waals surface area contributed by atoms with E-state index in [-0.39, 0.29) is 36.5 Å². The Morgan fingerprint density at radius 1 is 1.33 bits per heavy atom. The highest BCUT2D eigenvalue weighted by Gasteiger charge is 2.24. The maximum Gasteiger partial charge on any atom is 0.191 e. The second-order valence-electron chi connectivity index (χ2n) is 6.72. The molecule has 0 bridgehead atoms. The van der Waals surface area contributed by atoms with Crippen molar-refractivity contribution in [3.63, 3.8) is 0 Å².